The molecule has 0 aliphatic carbocycles. The number of hydrogen-bond acceptors (Lipinski definition) is 2. The molecule has 3 nitrogen and oxygen atoms in total. The molecule has 1 fully saturated rings. The number of rotatable bonds is 3. The lowest BCUT2D eigenvalue weighted by atomic mass is 10.0. The summed E-state index contributed by atoms with van der Waals surface area (Å²) in [6, 6.07) is 7.97. The molecular weight excluding hydrogens is 292 g/mol. The number of likely N-dealkylation sites (tertiary alicyclic amines) is 1. The maximum absolute atomic E-state index is 12.6. The fourth-order valence-corrected chi connectivity index (χ4v) is 2.96. The van der Waals surface area contributed by atoms with Gasteiger partial charge in [-0.25, -0.2) is 0 Å². The van der Waals surface area contributed by atoms with Crippen LogP contribution in [0.15, 0.2) is 28.7 Å². The Morgan fingerprint density at radius 3 is 2.94 bits per heavy atom. The third-order valence-electron chi connectivity index (χ3n) is 3.43. The Morgan fingerprint density at radius 2 is 2.22 bits per heavy atom. The van der Waals surface area contributed by atoms with Crippen molar-refractivity contribution < 1.29 is 4.79 Å². The molecular formula is C14H19BrN2O. The average molecular weight is 311 g/mol. The van der Waals surface area contributed by atoms with Gasteiger partial charge < -0.3 is 10.2 Å². The highest BCUT2D eigenvalue weighted by Crippen LogP contribution is 2.23. The molecule has 2 rings (SSSR count). The molecule has 1 aromatic rings. The molecule has 0 spiro atoms. The summed E-state index contributed by atoms with van der Waals surface area (Å²) in [4.78, 5) is 14.6. The van der Waals surface area contributed by atoms with Crippen LogP contribution in [0.4, 0.5) is 0 Å². The second kappa shape index (κ2) is 6.34. The largest absolute Gasteiger partial charge is 0.334 e. The molecule has 0 aromatic heterocycles. The summed E-state index contributed by atoms with van der Waals surface area (Å²) in [5.41, 5.74) is 0.764. The summed E-state index contributed by atoms with van der Waals surface area (Å²) in [7, 11) is 1.94. The molecule has 0 saturated carbocycles. The molecule has 1 aromatic carbocycles. The van der Waals surface area contributed by atoms with E-state index >= 15 is 0 Å². The van der Waals surface area contributed by atoms with Crippen molar-refractivity contribution in [1.29, 1.82) is 0 Å². The number of nitrogens with zero attached hydrogens (tertiary/aromatic N) is 1. The third-order valence-corrected chi connectivity index (χ3v) is 4.12. The Balaban J connectivity index is 2.18. The van der Waals surface area contributed by atoms with Crippen molar-refractivity contribution in [2.45, 2.75) is 25.3 Å². The molecule has 0 bridgehead atoms. The highest BCUT2D eigenvalue weighted by Gasteiger charge is 2.27. The summed E-state index contributed by atoms with van der Waals surface area (Å²) < 4.78 is 0.879. The zero-order chi connectivity index (χ0) is 13.0. The van der Waals surface area contributed by atoms with Crippen LogP contribution in [0.2, 0.25) is 0 Å². The van der Waals surface area contributed by atoms with E-state index < -0.39 is 0 Å². The van der Waals surface area contributed by atoms with Gasteiger partial charge in [-0.15, -0.1) is 0 Å². The predicted molar refractivity (Wildman–Crippen MR) is 76.7 cm³/mol. The zero-order valence-electron chi connectivity index (χ0n) is 10.7. The lowest BCUT2D eigenvalue weighted by molar-refractivity contribution is 0.0614. The fraction of sp³-hybridized carbons (Fsp3) is 0.500. The minimum Gasteiger partial charge on any atom is -0.334 e. The number of likely N-dealkylation sites (N-methyl/N-ethyl adjacent to an activating group) is 1. The van der Waals surface area contributed by atoms with Gasteiger partial charge in [-0.1, -0.05) is 12.1 Å². The molecule has 1 amide bonds. The summed E-state index contributed by atoms with van der Waals surface area (Å²) in [5, 5.41) is 3.18. The summed E-state index contributed by atoms with van der Waals surface area (Å²) in [6.07, 6.45) is 3.42. The van der Waals surface area contributed by atoms with Gasteiger partial charge in [0.25, 0.3) is 5.91 Å². The second-order valence-electron chi connectivity index (χ2n) is 4.69. The highest BCUT2D eigenvalue weighted by molar-refractivity contribution is 9.10. The van der Waals surface area contributed by atoms with Crippen molar-refractivity contribution in [2.75, 3.05) is 20.1 Å². The van der Waals surface area contributed by atoms with Crippen LogP contribution in [0.1, 0.15) is 29.6 Å². The molecule has 1 N–H and O–H groups in total. The van der Waals surface area contributed by atoms with E-state index in [2.05, 4.69) is 21.2 Å². The van der Waals surface area contributed by atoms with Gasteiger partial charge in [-0.05, 0) is 54.4 Å². The standard InChI is InChI=1S/C14H19BrN2O/c1-16-10-11-6-4-5-9-17(11)14(18)12-7-2-3-8-13(12)15/h2-3,7-8,11,16H,4-6,9-10H2,1H3. The maximum atomic E-state index is 12.6. The summed E-state index contributed by atoms with van der Waals surface area (Å²) >= 11 is 3.46. The van der Waals surface area contributed by atoms with E-state index in [1.54, 1.807) is 0 Å². The first kappa shape index (κ1) is 13.6. The number of hydrogen-bond donors (Lipinski definition) is 1. The molecule has 1 aliphatic heterocycles. The van der Waals surface area contributed by atoms with Gasteiger partial charge >= 0.3 is 0 Å². The van der Waals surface area contributed by atoms with Crippen LogP contribution in [-0.2, 0) is 0 Å². The Hall–Kier alpha value is -0.870. The van der Waals surface area contributed by atoms with E-state index in [9.17, 15) is 4.79 Å². The first-order chi connectivity index (χ1) is 8.74. The number of piperidine rings is 1. The monoisotopic (exact) mass is 310 g/mol. The fourth-order valence-electron chi connectivity index (χ4n) is 2.51. The number of halogens is 1. The normalized spacial score (nSPS) is 19.9. The van der Waals surface area contributed by atoms with Crippen molar-refractivity contribution >= 4 is 21.8 Å². The number of carbonyl (C=O) groups is 1. The molecule has 1 atom stereocenters. The van der Waals surface area contributed by atoms with E-state index in [4.69, 9.17) is 0 Å². The van der Waals surface area contributed by atoms with Gasteiger partial charge in [0.05, 0.1) is 5.56 Å². The maximum Gasteiger partial charge on any atom is 0.255 e. The van der Waals surface area contributed by atoms with Gasteiger partial charge in [0.15, 0.2) is 0 Å². The van der Waals surface area contributed by atoms with Gasteiger partial charge in [-0.3, -0.25) is 4.79 Å². The van der Waals surface area contributed by atoms with Gasteiger partial charge in [0, 0.05) is 23.6 Å². The van der Waals surface area contributed by atoms with E-state index in [0.717, 1.165) is 36.0 Å². The number of benzene rings is 1. The minimum absolute atomic E-state index is 0.141. The lowest BCUT2D eigenvalue weighted by Crippen LogP contribution is -2.48. The van der Waals surface area contributed by atoms with Crippen LogP contribution in [0.25, 0.3) is 0 Å². The molecule has 1 unspecified atom stereocenters. The van der Waals surface area contributed by atoms with Crippen LogP contribution in [0.5, 0.6) is 0 Å². The molecule has 1 heterocycles. The van der Waals surface area contributed by atoms with E-state index in [-0.39, 0.29) is 5.91 Å². The molecule has 4 heteroatoms. The molecule has 98 valence electrons. The van der Waals surface area contributed by atoms with Crippen LogP contribution < -0.4 is 5.32 Å². The van der Waals surface area contributed by atoms with Gasteiger partial charge in [0.2, 0.25) is 0 Å². The van der Waals surface area contributed by atoms with Gasteiger partial charge in [0.1, 0.15) is 0 Å². The zero-order valence-corrected chi connectivity index (χ0v) is 12.2. The summed E-state index contributed by atoms with van der Waals surface area (Å²) in [5.74, 6) is 0.141. The van der Waals surface area contributed by atoms with Crippen molar-refractivity contribution in [3.05, 3.63) is 34.3 Å². The van der Waals surface area contributed by atoms with Crippen molar-refractivity contribution in [3.63, 3.8) is 0 Å². The van der Waals surface area contributed by atoms with E-state index in [1.807, 2.05) is 36.2 Å². The Kier molecular flexibility index (Phi) is 4.78. The third kappa shape index (κ3) is 2.93. The quantitative estimate of drug-likeness (QED) is 0.931. The number of nitrogens with one attached hydrogen (secondary N) is 1. The molecule has 1 aliphatic rings. The van der Waals surface area contributed by atoms with Crippen LogP contribution in [0.3, 0.4) is 0 Å². The first-order valence-electron chi connectivity index (χ1n) is 6.44. The Morgan fingerprint density at radius 1 is 1.44 bits per heavy atom. The first-order valence-corrected chi connectivity index (χ1v) is 7.23. The Bertz CT molecular complexity index is 420. The van der Waals surface area contributed by atoms with Crippen LogP contribution in [-0.4, -0.2) is 37.0 Å². The second-order valence-corrected chi connectivity index (χ2v) is 5.54. The van der Waals surface area contributed by atoms with Crippen LogP contribution >= 0.6 is 15.9 Å². The van der Waals surface area contributed by atoms with E-state index in [0.29, 0.717) is 6.04 Å². The topological polar surface area (TPSA) is 32.3 Å². The smallest absolute Gasteiger partial charge is 0.255 e. The Labute approximate surface area is 117 Å². The summed E-state index contributed by atoms with van der Waals surface area (Å²) in [6.45, 7) is 1.74. The van der Waals surface area contributed by atoms with Crippen molar-refractivity contribution in [2.24, 2.45) is 0 Å². The van der Waals surface area contributed by atoms with Crippen molar-refractivity contribution in [3.8, 4) is 0 Å². The van der Waals surface area contributed by atoms with Crippen LogP contribution in [0, 0.1) is 0 Å². The number of carbonyl (C=O) groups excluding carboxylic acids is 1. The lowest BCUT2D eigenvalue weighted by Gasteiger charge is -2.36. The van der Waals surface area contributed by atoms with Crippen molar-refractivity contribution in [1.82, 2.24) is 10.2 Å². The average Bonchev–Trinajstić information content (AvgIpc) is 2.40. The molecule has 18 heavy (non-hydrogen) atoms. The van der Waals surface area contributed by atoms with Gasteiger partial charge in [-0.2, -0.15) is 0 Å². The SMILES string of the molecule is CNCC1CCCCN1C(=O)c1ccccc1Br. The van der Waals surface area contributed by atoms with E-state index in [1.165, 1.54) is 6.42 Å². The molecule has 1 saturated heterocycles. The molecule has 0 radical (unpaired) electrons. The highest BCUT2D eigenvalue weighted by atomic mass is 79.9. The predicted octanol–water partition coefficient (Wildman–Crippen LogP) is 2.66. The minimum atomic E-state index is 0.141. The number of amides is 1.